The maximum absolute atomic E-state index is 13.0. The van der Waals surface area contributed by atoms with Crippen molar-refractivity contribution in [2.45, 2.75) is 57.5 Å². The van der Waals surface area contributed by atoms with E-state index in [9.17, 15) is 9.59 Å². The van der Waals surface area contributed by atoms with Crippen molar-refractivity contribution >= 4 is 23.6 Å². The highest BCUT2D eigenvalue weighted by atomic mass is 16.2. The maximum Gasteiger partial charge on any atom is 0.322 e. The van der Waals surface area contributed by atoms with Crippen LogP contribution in [0.5, 0.6) is 0 Å². The molecule has 1 aromatic heterocycles. The topological polar surface area (TPSA) is 81.7 Å². The lowest BCUT2D eigenvalue weighted by molar-refractivity contribution is -0.125. The lowest BCUT2D eigenvalue weighted by atomic mass is 9.69. The van der Waals surface area contributed by atoms with Crippen LogP contribution in [0.25, 0.3) is 0 Å². The van der Waals surface area contributed by atoms with Gasteiger partial charge in [-0.2, -0.15) is 0 Å². The molecule has 0 atom stereocenters. The molecule has 4 rings (SSSR count). The van der Waals surface area contributed by atoms with Crippen molar-refractivity contribution in [2.75, 3.05) is 37.5 Å². The lowest BCUT2D eigenvalue weighted by Gasteiger charge is -2.48. The summed E-state index contributed by atoms with van der Waals surface area (Å²) >= 11 is 0. The zero-order valence-corrected chi connectivity index (χ0v) is 21.1. The summed E-state index contributed by atoms with van der Waals surface area (Å²) in [5.41, 5.74) is 1.15. The molecular formula is C26H36N6O2. The number of hydrogen-bond donors (Lipinski definition) is 1. The van der Waals surface area contributed by atoms with Gasteiger partial charge in [0.1, 0.15) is 0 Å². The van der Waals surface area contributed by atoms with Gasteiger partial charge in [-0.15, -0.1) is 0 Å². The van der Waals surface area contributed by atoms with Crippen molar-refractivity contribution in [1.82, 2.24) is 20.2 Å². The molecule has 8 heteroatoms. The summed E-state index contributed by atoms with van der Waals surface area (Å²) in [6, 6.07) is 10.5. The Morgan fingerprint density at radius 2 is 1.59 bits per heavy atom. The van der Waals surface area contributed by atoms with Crippen LogP contribution < -0.4 is 15.1 Å². The second-order valence-electron chi connectivity index (χ2n) is 10.9. The fourth-order valence-corrected chi connectivity index (χ4v) is 5.31. The van der Waals surface area contributed by atoms with Crippen LogP contribution >= 0.6 is 0 Å². The van der Waals surface area contributed by atoms with Crippen molar-refractivity contribution < 1.29 is 9.59 Å². The van der Waals surface area contributed by atoms with Crippen molar-refractivity contribution in [3.8, 4) is 0 Å². The molecule has 0 radical (unpaired) electrons. The molecule has 1 N–H and O–H groups in total. The second-order valence-corrected chi connectivity index (χ2v) is 10.9. The standard InChI is InChI=1S/C26H36N6O2/c1-24(2,3)21(33)31(6)22-27-16-20(17-28-22)32-18-25(29-23(32)34)12-14-26(15-13-25,30(4)5)19-10-8-7-9-11-19/h7-11,16-17H,12-15,18H2,1-6H3,(H,29,34)/t25-,26-. The Balaban J connectivity index is 1.48. The number of benzene rings is 1. The molecule has 1 aliphatic heterocycles. The first-order valence-corrected chi connectivity index (χ1v) is 11.9. The minimum absolute atomic E-state index is 0.0282. The molecule has 1 saturated heterocycles. The van der Waals surface area contributed by atoms with Gasteiger partial charge in [0.2, 0.25) is 11.9 Å². The Hall–Kier alpha value is -3.00. The second kappa shape index (κ2) is 8.65. The van der Waals surface area contributed by atoms with Gasteiger partial charge in [-0.25, -0.2) is 14.8 Å². The average Bonchev–Trinajstić information content (AvgIpc) is 3.14. The van der Waals surface area contributed by atoms with Gasteiger partial charge < -0.3 is 5.32 Å². The third kappa shape index (κ3) is 4.27. The van der Waals surface area contributed by atoms with Gasteiger partial charge in [-0.05, 0) is 45.3 Å². The van der Waals surface area contributed by atoms with Crippen LogP contribution in [0.15, 0.2) is 42.7 Å². The van der Waals surface area contributed by atoms with Crippen LogP contribution in [-0.4, -0.2) is 60.0 Å². The summed E-state index contributed by atoms with van der Waals surface area (Å²) in [6.45, 7) is 6.17. The molecule has 2 aliphatic rings. The zero-order valence-electron chi connectivity index (χ0n) is 21.1. The smallest absolute Gasteiger partial charge is 0.322 e. The van der Waals surface area contributed by atoms with E-state index >= 15 is 0 Å². The molecule has 182 valence electrons. The fourth-order valence-electron chi connectivity index (χ4n) is 5.31. The van der Waals surface area contributed by atoms with Gasteiger partial charge in [0, 0.05) is 18.0 Å². The van der Waals surface area contributed by atoms with Crippen LogP contribution in [0.1, 0.15) is 52.0 Å². The molecule has 2 heterocycles. The van der Waals surface area contributed by atoms with E-state index in [0.717, 1.165) is 25.7 Å². The molecule has 8 nitrogen and oxygen atoms in total. The monoisotopic (exact) mass is 464 g/mol. The number of rotatable bonds is 4. The summed E-state index contributed by atoms with van der Waals surface area (Å²) in [5.74, 6) is 0.261. The Kier molecular flexibility index (Phi) is 6.14. The maximum atomic E-state index is 13.0. The van der Waals surface area contributed by atoms with Crippen molar-refractivity contribution in [2.24, 2.45) is 5.41 Å². The number of nitrogens with zero attached hydrogens (tertiary/aromatic N) is 5. The number of hydrogen-bond acceptors (Lipinski definition) is 5. The predicted molar refractivity (Wildman–Crippen MR) is 134 cm³/mol. The summed E-state index contributed by atoms with van der Waals surface area (Å²) in [7, 11) is 5.96. The molecule has 34 heavy (non-hydrogen) atoms. The van der Waals surface area contributed by atoms with E-state index in [0.29, 0.717) is 18.2 Å². The number of carbonyl (C=O) groups excluding carboxylic acids is 2. The third-order valence-corrected chi connectivity index (χ3v) is 7.46. The Labute approximate surface area is 202 Å². The van der Waals surface area contributed by atoms with Crippen molar-refractivity contribution in [3.05, 3.63) is 48.3 Å². The van der Waals surface area contributed by atoms with Crippen LogP contribution in [0.2, 0.25) is 0 Å². The molecule has 2 fully saturated rings. The number of carbonyl (C=O) groups is 2. The Morgan fingerprint density at radius 1 is 1.00 bits per heavy atom. The van der Waals surface area contributed by atoms with Gasteiger partial charge >= 0.3 is 6.03 Å². The average molecular weight is 465 g/mol. The van der Waals surface area contributed by atoms with Crippen molar-refractivity contribution in [1.29, 1.82) is 0 Å². The Morgan fingerprint density at radius 3 is 2.12 bits per heavy atom. The molecule has 0 unspecified atom stereocenters. The number of aromatic nitrogens is 2. The number of nitrogens with one attached hydrogen (secondary N) is 1. The highest BCUT2D eigenvalue weighted by molar-refractivity contribution is 5.96. The normalized spacial score (nSPS) is 25.0. The largest absolute Gasteiger partial charge is 0.330 e. The molecule has 1 aliphatic carbocycles. The molecule has 0 bridgehead atoms. The lowest BCUT2D eigenvalue weighted by Crippen LogP contribution is -2.54. The first kappa shape index (κ1) is 24.1. The molecule has 1 saturated carbocycles. The van der Waals surface area contributed by atoms with Gasteiger partial charge in [-0.3, -0.25) is 19.5 Å². The summed E-state index contributed by atoms with van der Waals surface area (Å²) in [5, 5.41) is 3.27. The Bertz CT molecular complexity index is 1040. The van der Waals surface area contributed by atoms with E-state index in [1.165, 1.54) is 10.5 Å². The minimum atomic E-state index is -0.527. The summed E-state index contributed by atoms with van der Waals surface area (Å²) in [4.78, 5) is 39.7. The van der Waals surface area contributed by atoms with Gasteiger partial charge in [0.05, 0.1) is 30.2 Å². The number of anilines is 2. The quantitative estimate of drug-likeness (QED) is 0.745. The van der Waals surface area contributed by atoms with Crippen LogP contribution in [0.3, 0.4) is 0 Å². The summed E-state index contributed by atoms with van der Waals surface area (Å²) < 4.78 is 0. The highest BCUT2D eigenvalue weighted by Gasteiger charge is 2.50. The van der Waals surface area contributed by atoms with E-state index < -0.39 is 5.41 Å². The number of urea groups is 1. The van der Waals surface area contributed by atoms with Crippen LogP contribution in [0.4, 0.5) is 16.4 Å². The molecule has 2 aromatic rings. The van der Waals surface area contributed by atoms with E-state index in [1.54, 1.807) is 24.3 Å². The molecule has 1 spiro atoms. The van der Waals surface area contributed by atoms with Gasteiger partial charge in [-0.1, -0.05) is 51.1 Å². The van der Waals surface area contributed by atoms with E-state index in [4.69, 9.17) is 0 Å². The third-order valence-electron chi connectivity index (χ3n) is 7.46. The van der Waals surface area contributed by atoms with E-state index in [2.05, 4.69) is 64.6 Å². The van der Waals surface area contributed by atoms with Gasteiger partial charge in [0.25, 0.3) is 0 Å². The fraction of sp³-hybridized carbons (Fsp3) is 0.538. The minimum Gasteiger partial charge on any atom is -0.330 e. The molecule has 1 aromatic carbocycles. The van der Waals surface area contributed by atoms with Gasteiger partial charge in [0.15, 0.2) is 0 Å². The zero-order chi connectivity index (χ0) is 24.7. The highest BCUT2D eigenvalue weighted by Crippen LogP contribution is 2.46. The molecular weight excluding hydrogens is 428 g/mol. The van der Waals surface area contributed by atoms with Crippen molar-refractivity contribution in [3.63, 3.8) is 0 Å². The van der Waals surface area contributed by atoms with Crippen LogP contribution in [-0.2, 0) is 10.3 Å². The SMILES string of the molecule is CN(C(=O)C(C)(C)C)c1ncc(N2C[C@]3(CC[C@@](c4ccccc4)(N(C)C)CC3)NC2=O)cn1. The first-order valence-electron chi connectivity index (χ1n) is 11.9. The predicted octanol–water partition coefficient (Wildman–Crippen LogP) is 3.79. The van der Waals surface area contributed by atoms with E-state index in [1.807, 2.05) is 20.8 Å². The number of amides is 3. The summed E-state index contributed by atoms with van der Waals surface area (Å²) in [6.07, 6.45) is 6.98. The van der Waals surface area contributed by atoms with Crippen LogP contribution in [0, 0.1) is 5.41 Å². The molecule has 3 amide bonds. The van der Waals surface area contributed by atoms with E-state index in [-0.39, 0.29) is 23.0 Å². The first-order chi connectivity index (χ1) is 16.0.